The molecular weight excluding hydrogens is 282 g/mol. The molecule has 22 heavy (non-hydrogen) atoms. The highest BCUT2D eigenvalue weighted by molar-refractivity contribution is 6.12. The molecule has 1 atom stereocenters. The van der Waals surface area contributed by atoms with Gasteiger partial charge in [0.2, 0.25) is 0 Å². The van der Waals surface area contributed by atoms with E-state index in [1.807, 2.05) is 27.7 Å². The summed E-state index contributed by atoms with van der Waals surface area (Å²) in [6.45, 7) is 13.2. The quantitative estimate of drug-likeness (QED) is 0.647. The van der Waals surface area contributed by atoms with Crippen LogP contribution in [0.15, 0.2) is 12.2 Å². The molecule has 2 amide bonds. The van der Waals surface area contributed by atoms with Crippen LogP contribution in [0.2, 0.25) is 0 Å². The monoisotopic (exact) mass is 311 g/mol. The van der Waals surface area contributed by atoms with Gasteiger partial charge in [0.05, 0.1) is 17.3 Å². The maximum Gasteiger partial charge on any atom is 0.253 e. The number of carbonyl (C=O) groups is 2. The van der Waals surface area contributed by atoms with Crippen LogP contribution in [0.1, 0.15) is 54.4 Å². The van der Waals surface area contributed by atoms with E-state index in [9.17, 15) is 9.59 Å². The molecule has 0 aliphatic carbocycles. The predicted octanol–water partition coefficient (Wildman–Crippen LogP) is 2.69. The lowest BCUT2D eigenvalue weighted by Crippen LogP contribution is -2.36. The molecule has 1 aliphatic heterocycles. The van der Waals surface area contributed by atoms with Crippen LogP contribution in [0.3, 0.4) is 0 Å². The second kappa shape index (κ2) is 7.38. The van der Waals surface area contributed by atoms with Gasteiger partial charge in [0.1, 0.15) is 0 Å². The average Bonchev–Trinajstić information content (AvgIpc) is 2.63. The Morgan fingerprint density at radius 3 is 2.14 bits per heavy atom. The van der Waals surface area contributed by atoms with Gasteiger partial charge >= 0.3 is 0 Å². The van der Waals surface area contributed by atoms with Gasteiger partial charge in [-0.2, -0.15) is 0 Å². The van der Waals surface area contributed by atoms with E-state index in [1.165, 1.54) is 17.1 Å². The second-order valence-corrected chi connectivity index (χ2v) is 7.36. The number of amides is 2. The molecule has 0 saturated carbocycles. The van der Waals surface area contributed by atoms with Gasteiger partial charge in [-0.1, -0.05) is 0 Å². The maximum absolute atomic E-state index is 11.4. The SMILES string of the molecule is CC(CCN1C(=O)C=CC1=O)OCCC(C)(C)OC(C)(C)C. The van der Waals surface area contributed by atoms with Crippen LogP contribution >= 0.6 is 0 Å². The lowest BCUT2D eigenvalue weighted by atomic mass is 10.0. The van der Waals surface area contributed by atoms with Crippen molar-refractivity contribution in [1.82, 2.24) is 4.90 Å². The van der Waals surface area contributed by atoms with Gasteiger partial charge in [0.15, 0.2) is 0 Å². The third-order valence-electron chi connectivity index (χ3n) is 3.35. The smallest absolute Gasteiger partial charge is 0.253 e. The molecule has 0 spiro atoms. The summed E-state index contributed by atoms with van der Waals surface area (Å²) >= 11 is 0. The topological polar surface area (TPSA) is 55.8 Å². The van der Waals surface area contributed by atoms with Gasteiger partial charge in [-0.15, -0.1) is 0 Å². The summed E-state index contributed by atoms with van der Waals surface area (Å²) in [5.74, 6) is -0.478. The molecule has 0 radical (unpaired) electrons. The van der Waals surface area contributed by atoms with Crippen molar-refractivity contribution in [3.63, 3.8) is 0 Å². The van der Waals surface area contributed by atoms with E-state index in [0.717, 1.165) is 6.42 Å². The summed E-state index contributed by atoms with van der Waals surface area (Å²) in [5.41, 5.74) is -0.429. The summed E-state index contributed by atoms with van der Waals surface area (Å²) in [5, 5.41) is 0. The fourth-order valence-corrected chi connectivity index (χ4v) is 2.43. The highest BCUT2D eigenvalue weighted by Crippen LogP contribution is 2.23. The van der Waals surface area contributed by atoms with Crippen molar-refractivity contribution in [2.45, 2.75) is 71.7 Å². The van der Waals surface area contributed by atoms with E-state index in [1.54, 1.807) is 0 Å². The minimum Gasteiger partial charge on any atom is -0.378 e. The van der Waals surface area contributed by atoms with Gasteiger partial charge < -0.3 is 9.47 Å². The van der Waals surface area contributed by atoms with Gasteiger partial charge in [0, 0.05) is 25.3 Å². The van der Waals surface area contributed by atoms with E-state index < -0.39 is 0 Å². The van der Waals surface area contributed by atoms with Crippen molar-refractivity contribution in [2.75, 3.05) is 13.2 Å². The van der Waals surface area contributed by atoms with E-state index in [2.05, 4.69) is 13.8 Å². The molecule has 1 aliphatic rings. The number of ether oxygens (including phenoxy) is 2. The van der Waals surface area contributed by atoms with E-state index >= 15 is 0 Å². The van der Waals surface area contributed by atoms with Crippen molar-refractivity contribution >= 4 is 11.8 Å². The molecule has 0 aromatic carbocycles. The zero-order valence-corrected chi connectivity index (χ0v) is 14.6. The maximum atomic E-state index is 11.4. The number of carbonyl (C=O) groups excluding carboxylic acids is 2. The van der Waals surface area contributed by atoms with Gasteiger partial charge in [-0.05, 0) is 54.4 Å². The summed E-state index contributed by atoms with van der Waals surface area (Å²) < 4.78 is 11.8. The number of rotatable bonds is 8. The number of hydrogen-bond donors (Lipinski definition) is 0. The van der Waals surface area contributed by atoms with Crippen molar-refractivity contribution < 1.29 is 19.1 Å². The normalized spacial score (nSPS) is 17.5. The molecule has 0 fully saturated rings. The van der Waals surface area contributed by atoms with Gasteiger partial charge in [-0.25, -0.2) is 0 Å². The Morgan fingerprint density at radius 1 is 1.09 bits per heavy atom. The van der Waals surface area contributed by atoms with E-state index in [4.69, 9.17) is 9.47 Å². The summed E-state index contributed by atoms with van der Waals surface area (Å²) in [6, 6.07) is 0. The third-order valence-corrected chi connectivity index (χ3v) is 3.35. The standard InChI is InChI=1S/C17H29NO4/c1-13(9-11-18-14(19)7-8-15(18)20)21-12-10-17(5,6)22-16(2,3)4/h7-8,13H,9-12H2,1-6H3. The first-order valence-electron chi connectivity index (χ1n) is 7.85. The lowest BCUT2D eigenvalue weighted by Gasteiger charge is -2.34. The van der Waals surface area contributed by atoms with Gasteiger partial charge in [-0.3, -0.25) is 14.5 Å². The van der Waals surface area contributed by atoms with Crippen LogP contribution in [0, 0.1) is 0 Å². The summed E-state index contributed by atoms with van der Waals surface area (Å²) in [6.07, 6.45) is 4.03. The first-order chi connectivity index (χ1) is 10.0. The van der Waals surface area contributed by atoms with Crippen molar-refractivity contribution in [2.24, 2.45) is 0 Å². The molecule has 1 unspecified atom stereocenters. The van der Waals surface area contributed by atoms with Crippen LogP contribution in [-0.2, 0) is 19.1 Å². The van der Waals surface area contributed by atoms with Crippen molar-refractivity contribution in [1.29, 1.82) is 0 Å². The third kappa shape index (κ3) is 6.71. The molecule has 0 bridgehead atoms. The van der Waals surface area contributed by atoms with E-state index in [0.29, 0.717) is 19.6 Å². The molecule has 0 aromatic heterocycles. The Labute approximate surface area is 133 Å². The van der Waals surface area contributed by atoms with Crippen LogP contribution in [0.25, 0.3) is 0 Å². The molecule has 5 heteroatoms. The zero-order chi connectivity index (χ0) is 17.0. The summed E-state index contributed by atoms with van der Waals surface area (Å²) in [7, 11) is 0. The predicted molar refractivity (Wildman–Crippen MR) is 85.4 cm³/mol. The van der Waals surface area contributed by atoms with Crippen molar-refractivity contribution in [3.8, 4) is 0 Å². The van der Waals surface area contributed by atoms with Crippen LogP contribution < -0.4 is 0 Å². The zero-order valence-electron chi connectivity index (χ0n) is 14.6. The molecule has 126 valence electrons. The minimum atomic E-state index is -0.247. The second-order valence-electron chi connectivity index (χ2n) is 7.36. The first-order valence-corrected chi connectivity index (χ1v) is 7.85. The molecular formula is C17H29NO4. The minimum absolute atomic E-state index is 0.00774. The van der Waals surface area contributed by atoms with Crippen LogP contribution in [0.5, 0.6) is 0 Å². The Bertz CT molecular complexity index is 416. The molecule has 0 N–H and O–H groups in total. The Balaban J connectivity index is 2.25. The Kier molecular flexibility index (Phi) is 6.32. The molecule has 1 rings (SSSR count). The first kappa shape index (κ1) is 18.8. The summed E-state index contributed by atoms with van der Waals surface area (Å²) in [4.78, 5) is 24.1. The fraction of sp³-hybridized carbons (Fsp3) is 0.765. The average molecular weight is 311 g/mol. The molecule has 1 heterocycles. The number of nitrogens with zero attached hydrogens (tertiary/aromatic N) is 1. The molecule has 0 aromatic rings. The van der Waals surface area contributed by atoms with Crippen LogP contribution in [0.4, 0.5) is 0 Å². The fourth-order valence-electron chi connectivity index (χ4n) is 2.43. The van der Waals surface area contributed by atoms with Crippen LogP contribution in [-0.4, -0.2) is 47.2 Å². The molecule has 0 saturated heterocycles. The highest BCUT2D eigenvalue weighted by Gasteiger charge is 2.26. The molecule has 5 nitrogen and oxygen atoms in total. The number of hydrogen-bond acceptors (Lipinski definition) is 4. The van der Waals surface area contributed by atoms with Crippen molar-refractivity contribution in [3.05, 3.63) is 12.2 Å². The number of imide groups is 1. The highest BCUT2D eigenvalue weighted by atomic mass is 16.5. The Morgan fingerprint density at radius 2 is 1.64 bits per heavy atom. The Hall–Kier alpha value is -1.20. The van der Waals surface area contributed by atoms with E-state index in [-0.39, 0.29) is 29.1 Å². The lowest BCUT2D eigenvalue weighted by molar-refractivity contribution is -0.137. The largest absolute Gasteiger partial charge is 0.378 e. The van der Waals surface area contributed by atoms with Gasteiger partial charge in [0.25, 0.3) is 11.8 Å².